The van der Waals surface area contributed by atoms with Gasteiger partial charge in [-0.3, -0.25) is 5.10 Å². The van der Waals surface area contributed by atoms with Crippen molar-refractivity contribution in [1.82, 2.24) is 14.9 Å². The summed E-state index contributed by atoms with van der Waals surface area (Å²) in [6.07, 6.45) is 2.60. The van der Waals surface area contributed by atoms with E-state index in [1.165, 1.54) is 5.56 Å². The van der Waals surface area contributed by atoms with Gasteiger partial charge in [-0.05, 0) is 30.3 Å². The molecule has 5 heteroatoms. The molecule has 0 saturated carbocycles. The summed E-state index contributed by atoms with van der Waals surface area (Å²) in [6, 6.07) is 8.07. The molecule has 2 rings (SSSR count). The molecule has 0 aliphatic rings. The van der Waals surface area contributed by atoms with Crippen LogP contribution in [0.2, 0.25) is 0 Å². The zero-order chi connectivity index (χ0) is 12.3. The third-order valence-corrected chi connectivity index (χ3v) is 2.80. The summed E-state index contributed by atoms with van der Waals surface area (Å²) in [7, 11) is 0. The molecule has 0 saturated heterocycles. The number of aromatic nitrogens is 3. The van der Waals surface area contributed by atoms with Gasteiger partial charge in [0.25, 0.3) is 0 Å². The maximum absolute atomic E-state index is 5.12. The second-order valence-corrected chi connectivity index (χ2v) is 4.10. The first-order valence-corrected chi connectivity index (χ1v) is 5.89. The second kappa shape index (κ2) is 5.05. The summed E-state index contributed by atoms with van der Waals surface area (Å²) in [5.74, 6) is 0.833. The number of benzene rings is 1. The SMILES string of the molecule is CCc1n[nH]c(=S)n1N=Cc1ccccc1C. The summed E-state index contributed by atoms with van der Waals surface area (Å²) in [6.45, 7) is 4.07. The predicted molar refractivity (Wildman–Crippen MR) is 71.0 cm³/mol. The van der Waals surface area contributed by atoms with E-state index in [1.807, 2.05) is 25.1 Å². The molecule has 1 aromatic carbocycles. The zero-order valence-electron chi connectivity index (χ0n) is 9.84. The van der Waals surface area contributed by atoms with Gasteiger partial charge >= 0.3 is 0 Å². The number of nitrogens with one attached hydrogen (secondary N) is 1. The molecule has 0 aliphatic carbocycles. The molecule has 17 heavy (non-hydrogen) atoms. The zero-order valence-corrected chi connectivity index (χ0v) is 10.7. The van der Waals surface area contributed by atoms with E-state index in [0.717, 1.165) is 17.8 Å². The van der Waals surface area contributed by atoms with Crippen LogP contribution in [0.1, 0.15) is 23.9 Å². The van der Waals surface area contributed by atoms with Gasteiger partial charge in [0.05, 0.1) is 6.21 Å². The first-order valence-electron chi connectivity index (χ1n) is 5.48. The van der Waals surface area contributed by atoms with Crippen LogP contribution >= 0.6 is 12.2 Å². The van der Waals surface area contributed by atoms with Gasteiger partial charge in [0.1, 0.15) is 0 Å². The predicted octanol–water partition coefficient (Wildman–Crippen LogP) is 2.69. The fraction of sp³-hybridized carbons (Fsp3) is 0.250. The maximum Gasteiger partial charge on any atom is 0.216 e. The van der Waals surface area contributed by atoms with Crippen molar-refractivity contribution in [3.05, 3.63) is 46.0 Å². The Morgan fingerprint density at radius 3 is 2.94 bits per heavy atom. The van der Waals surface area contributed by atoms with Crippen LogP contribution in [-0.4, -0.2) is 21.1 Å². The number of H-pyrrole nitrogens is 1. The van der Waals surface area contributed by atoms with Crippen LogP contribution in [0.15, 0.2) is 29.4 Å². The van der Waals surface area contributed by atoms with Gasteiger partial charge in [-0.1, -0.05) is 31.2 Å². The van der Waals surface area contributed by atoms with Crippen molar-refractivity contribution in [2.75, 3.05) is 0 Å². The summed E-state index contributed by atoms with van der Waals surface area (Å²) < 4.78 is 2.17. The number of hydrogen-bond donors (Lipinski definition) is 1. The number of aryl methyl sites for hydroxylation is 2. The van der Waals surface area contributed by atoms with Gasteiger partial charge in [0, 0.05) is 6.42 Å². The normalized spacial score (nSPS) is 11.2. The lowest BCUT2D eigenvalue weighted by Gasteiger charge is -1.99. The summed E-state index contributed by atoms with van der Waals surface area (Å²) >= 11 is 5.12. The maximum atomic E-state index is 5.12. The van der Waals surface area contributed by atoms with Gasteiger partial charge in [-0.25, -0.2) is 0 Å². The third kappa shape index (κ3) is 2.50. The largest absolute Gasteiger partial charge is 0.250 e. The van der Waals surface area contributed by atoms with Crippen molar-refractivity contribution in [1.29, 1.82) is 0 Å². The summed E-state index contributed by atoms with van der Waals surface area (Å²) in [5.41, 5.74) is 2.27. The molecular weight excluding hydrogens is 232 g/mol. The molecule has 2 aromatic rings. The highest BCUT2D eigenvalue weighted by molar-refractivity contribution is 7.71. The van der Waals surface area contributed by atoms with Crippen LogP contribution in [0.3, 0.4) is 0 Å². The Bertz CT molecular complexity index is 595. The van der Waals surface area contributed by atoms with E-state index in [1.54, 1.807) is 10.9 Å². The van der Waals surface area contributed by atoms with Crippen molar-refractivity contribution < 1.29 is 0 Å². The Morgan fingerprint density at radius 1 is 1.47 bits per heavy atom. The van der Waals surface area contributed by atoms with Crippen molar-refractivity contribution in [3.8, 4) is 0 Å². The molecule has 0 radical (unpaired) electrons. The van der Waals surface area contributed by atoms with E-state index in [0.29, 0.717) is 4.77 Å². The lowest BCUT2D eigenvalue weighted by atomic mass is 10.1. The Morgan fingerprint density at radius 2 is 2.24 bits per heavy atom. The van der Waals surface area contributed by atoms with E-state index in [-0.39, 0.29) is 0 Å². The highest BCUT2D eigenvalue weighted by Crippen LogP contribution is 2.05. The van der Waals surface area contributed by atoms with Crippen LogP contribution in [0.25, 0.3) is 0 Å². The Balaban J connectivity index is 2.35. The molecule has 1 N–H and O–H groups in total. The molecule has 0 spiro atoms. The highest BCUT2D eigenvalue weighted by atomic mass is 32.1. The quantitative estimate of drug-likeness (QED) is 0.668. The average Bonchev–Trinajstić information content (AvgIpc) is 2.69. The van der Waals surface area contributed by atoms with Crippen molar-refractivity contribution >= 4 is 18.4 Å². The van der Waals surface area contributed by atoms with Gasteiger partial charge in [0.15, 0.2) is 5.82 Å². The number of rotatable bonds is 3. The monoisotopic (exact) mass is 246 g/mol. The fourth-order valence-electron chi connectivity index (χ4n) is 1.52. The number of aromatic amines is 1. The molecule has 0 amide bonds. The molecule has 4 nitrogen and oxygen atoms in total. The van der Waals surface area contributed by atoms with Gasteiger partial charge in [-0.2, -0.15) is 14.9 Å². The van der Waals surface area contributed by atoms with E-state index in [4.69, 9.17) is 12.2 Å². The van der Waals surface area contributed by atoms with Gasteiger partial charge < -0.3 is 0 Å². The summed E-state index contributed by atoms with van der Waals surface area (Å²) in [4.78, 5) is 0. The lowest BCUT2D eigenvalue weighted by molar-refractivity contribution is 0.780. The average molecular weight is 246 g/mol. The van der Waals surface area contributed by atoms with Crippen LogP contribution < -0.4 is 0 Å². The van der Waals surface area contributed by atoms with Gasteiger partial charge in [-0.15, -0.1) is 0 Å². The minimum absolute atomic E-state index is 0.520. The first kappa shape index (κ1) is 11.7. The number of nitrogens with zero attached hydrogens (tertiary/aromatic N) is 3. The number of hydrogen-bond acceptors (Lipinski definition) is 3. The molecule has 0 bridgehead atoms. The third-order valence-electron chi connectivity index (χ3n) is 2.53. The van der Waals surface area contributed by atoms with Crippen LogP contribution in [-0.2, 0) is 6.42 Å². The molecule has 0 unspecified atom stereocenters. The van der Waals surface area contributed by atoms with Crippen LogP contribution in [0, 0.1) is 11.7 Å². The molecule has 0 atom stereocenters. The first-order chi connectivity index (χ1) is 8.22. The minimum atomic E-state index is 0.520. The molecule has 1 heterocycles. The van der Waals surface area contributed by atoms with E-state index < -0.39 is 0 Å². The Kier molecular flexibility index (Phi) is 3.49. The molecule has 88 valence electrons. The second-order valence-electron chi connectivity index (χ2n) is 3.71. The van der Waals surface area contributed by atoms with Crippen molar-refractivity contribution in [3.63, 3.8) is 0 Å². The van der Waals surface area contributed by atoms with Gasteiger partial charge in [0.2, 0.25) is 4.77 Å². The van der Waals surface area contributed by atoms with E-state index in [2.05, 4.69) is 28.3 Å². The highest BCUT2D eigenvalue weighted by Gasteiger charge is 2.01. The topological polar surface area (TPSA) is 46.0 Å². The van der Waals surface area contributed by atoms with Crippen molar-refractivity contribution in [2.24, 2.45) is 5.10 Å². The van der Waals surface area contributed by atoms with Crippen LogP contribution in [0.4, 0.5) is 0 Å². The smallest absolute Gasteiger partial charge is 0.216 e. The van der Waals surface area contributed by atoms with Crippen LogP contribution in [0.5, 0.6) is 0 Å². The van der Waals surface area contributed by atoms with E-state index in [9.17, 15) is 0 Å². The standard InChI is InChI=1S/C12H14N4S/c1-3-11-14-15-12(17)16(11)13-8-10-7-5-4-6-9(10)2/h4-8H,3H2,1-2H3,(H,15,17). The lowest BCUT2D eigenvalue weighted by Crippen LogP contribution is -1.98. The molecular formula is C12H14N4S. The summed E-state index contributed by atoms with van der Waals surface area (Å²) in [5, 5.41) is 11.2. The Hall–Kier alpha value is -1.75. The molecule has 0 fully saturated rings. The van der Waals surface area contributed by atoms with Crippen molar-refractivity contribution in [2.45, 2.75) is 20.3 Å². The Labute approximate surface area is 105 Å². The fourth-order valence-corrected chi connectivity index (χ4v) is 1.72. The van der Waals surface area contributed by atoms with E-state index >= 15 is 0 Å². The minimum Gasteiger partial charge on any atom is -0.250 e. The molecule has 1 aromatic heterocycles. The molecule has 0 aliphatic heterocycles.